The van der Waals surface area contributed by atoms with Crippen molar-refractivity contribution >= 4 is 17.5 Å². The van der Waals surface area contributed by atoms with E-state index in [2.05, 4.69) is 17.8 Å². The molecule has 1 amide bonds. The Balaban J connectivity index is 1.50. The molecule has 2 atom stereocenters. The van der Waals surface area contributed by atoms with Crippen LogP contribution in [0.3, 0.4) is 0 Å². The number of hydrogen-bond donors (Lipinski definition) is 2. The molecule has 0 saturated carbocycles. The molecule has 0 bridgehead atoms. The molecular formula is C16H22ClN3O2. The third-order valence-corrected chi connectivity index (χ3v) is 4.59. The number of nitrogens with one attached hydrogen (secondary N) is 2. The number of hydrazine groups is 1. The van der Waals surface area contributed by atoms with Crippen LogP contribution in [-0.2, 0) is 4.79 Å². The molecule has 1 aromatic carbocycles. The van der Waals surface area contributed by atoms with Gasteiger partial charge in [-0.25, -0.2) is 5.43 Å². The molecule has 2 heterocycles. The fourth-order valence-corrected chi connectivity index (χ4v) is 3.19. The highest BCUT2D eigenvalue weighted by Crippen LogP contribution is 2.27. The molecule has 1 aromatic rings. The molecule has 3 rings (SSSR count). The molecule has 0 spiro atoms. The maximum atomic E-state index is 12.4. The van der Waals surface area contributed by atoms with Gasteiger partial charge in [-0.3, -0.25) is 10.2 Å². The molecule has 2 aliphatic heterocycles. The summed E-state index contributed by atoms with van der Waals surface area (Å²) in [5, 5.41) is 0.635. The van der Waals surface area contributed by atoms with Crippen molar-refractivity contribution in [3.8, 4) is 5.75 Å². The van der Waals surface area contributed by atoms with Crippen molar-refractivity contribution in [2.24, 2.45) is 0 Å². The van der Waals surface area contributed by atoms with Gasteiger partial charge in [0.2, 0.25) is 5.91 Å². The van der Waals surface area contributed by atoms with E-state index in [1.54, 1.807) is 0 Å². The zero-order valence-electron chi connectivity index (χ0n) is 12.7. The van der Waals surface area contributed by atoms with Crippen molar-refractivity contribution in [2.45, 2.75) is 44.4 Å². The van der Waals surface area contributed by atoms with Crippen molar-refractivity contribution in [1.29, 1.82) is 0 Å². The predicted octanol–water partition coefficient (Wildman–Crippen LogP) is 1.96. The van der Waals surface area contributed by atoms with Crippen LogP contribution in [0.2, 0.25) is 5.02 Å². The van der Waals surface area contributed by atoms with Gasteiger partial charge in [0, 0.05) is 32.0 Å². The van der Waals surface area contributed by atoms with Crippen LogP contribution < -0.4 is 15.6 Å². The van der Waals surface area contributed by atoms with E-state index in [1.165, 1.54) is 0 Å². The van der Waals surface area contributed by atoms with E-state index < -0.39 is 0 Å². The number of rotatable bonds is 3. The monoisotopic (exact) mass is 323 g/mol. The molecule has 0 aliphatic carbocycles. The Morgan fingerprint density at radius 1 is 1.27 bits per heavy atom. The summed E-state index contributed by atoms with van der Waals surface area (Å²) in [4.78, 5) is 14.4. The second-order valence-electron chi connectivity index (χ2n) is 6.05. The Labute approximate surface area is 135 Å². The van der Waals surface area contributed by atoms with Gasteiger partial charge in [0.25, 0.3) is 0 Å². The van der Waals surface area contributed by atoms with Crippen molar-refractivity contribution in [1.82, 2.24) is 15.8 Å². The molecule has 0 aromatic heterocycles. The van der Waals surface area contributed by atoms with Crippen molar-refractivity contribution in [2.75, 3.05) is 13.1 Å². The first kappa shape index (κ1) is 15.6. The number of carbonyl (C=O) groups excluding carboxylic acids is 1. The second kappa shape index (κ2) is 6.86. The highest BCUT2D eigenvalue weighted by Gasteiger charge is 2.32. The third-order valence-electron chi connectivity index (χ3n) is 4.28. The Bertz CT molecular complexity index is 532. The first-order valence-corrected chi connectivity index (χ1v) is 8.22. The largest absolute Gasteiger partial charge is 0.489 e. The number of halogens is 1. The third kappa shape index (κ3) is 3.54. The Hall–Kier alpha value is -1.30. The molecular weight excluding hydrogens is 302 g/mol. The number of carbonyl (C=O) groups is 1. The molecule has 120 valence electrons. The summed E-state index contributed by atoms with van der Waals surface area (Å²) < 4.78 is 5.96. The van der Waals surface area contributed by atoms with Crippen LogP contribution in [0.5, 0.6) is 5.75 Å². The highest BCUT2D eigenvalue weighted by atomic mass is 35.5. The smallest absolute Gasteiger partial charge is 0.241 e. The van der Waals surface area contributed by atoms with Crippen molar-refractivity contribution in [3.05, 3.63) is 29.3 Å². The highest BCUT2D eigenvalue weighted by molar-refractivity contribution is 6.32. The molecule has 2 aliphatic rings. The van der Waals surface area contributed by atoms with E-state index in [-0.39, 0.29) is 18.1 Å². The van der Waals surface area contributed by atoms with Crippen LogP contribution in [0.25, 0.3) is 0 Å². The van der Waals surface area contributed by atoms with E-state index >= 15 is 0 Å². The second-order valence-corrected chi connectivity index (χ2v) is 6.46. The van der Waals surface area contributed by atoms with Gasteiger partial charge in [-0.05, 0) is 25.5 Å². The summed E-state index contributed by atoms with van der Waals surface area (Å²) in [6, 6.07) is 7.76. The zero-order valence-corrected chi connectivity index (χ0v) is 13.5. The topological polar surface area (TPSA) is 53.6 Å². The van der Waals surface area contributed by atoms with Gasteiger partial charge in [0.1, 0.15) is 17.9 Å². The lowest BCUT2D eigenvalue weighted by molar-refractivity contribution is -0.135. The van der Waals surface area contributed by atoms with E-state index in [0.29, 0.717) is 11.1 Å². The lowest BCUT2D eigenvalue weighted by Gasteiger charge is -2.33. The summed E-state index contributed by atoms with van der Waals surface area (Å²) in [7, 11) is 0. The van der Waals surface area contributed by atoms with Crippen LogP contribution in [-0.4, -0.2) is 42.1 Å². The van der Waals surface area contributed by atoms with Crippen LogP contribution >= 0.6 is 11.6 Å². The molecule has 2 fully saturated rings. The predicted molar refractivity (Wildman–Crippen MR) is 85.8 cm³/mol. The Morgan fingerprint density at radius 2 is 2.00 bits per heavy atom. The average Bonchev–Trinajstić information content (AvgIpc) is 2.96. The number of benzene rings is 1. The van der Waals surface area contributed by atoms with Gasteiger partial charge in [-0.2, -0.15) is 0 Å². The summed E-state index contributed by atoms with van der Waals surface area (Å²) in [5.74, 6) is 0.914. The summed E-state index contributed by atoms with van der Waals surface area (Å²) >= 11 is 6.12. The molecule has 22 heavy (non-hydrogen) atoms. The first-order chi connectivity index (χ1) is 10.6. The van der Waals surface area contributed by atoms with E-state index in [0.717, 1.165) is 38.1 Å². The van der Waals surface area contributed by atoms with Gasteiger partial charge < -0.3 is 9.64 Å². The van der Waals surface area contributed by atoms with Crippen LogP contribution in [0.1, 0.15) is 26.2 Å². The number of hydrogen-bond acceptors (Lipinski definition) is 4. The number of piperidine rings is 1. The Morgan fingerprint density at radius 3 is 2.64 bits per heavy atom. The number of nitrogens with zero attached hydrogens (tertiary/aromatic N) is 1. The number of likely N-dealkylation sites (tertiary alicyclic amines) is 1. The standard InChI is InChI=1S/C16H22ClN3O2/c1-11-10-14(19-18-11)16(21)20-8-6-12(7-9-20)22-15-5-3-2-4-13(15)17/h2-5,11-12,14,18-19H,6-10H2,1H3. The van der Waals surface area contributed by atoms with E-state index in [9.17, 15) is 4.79 Å². The molecule has 6 heteroatoms. The minimum absolute atomic E-state index is 0.101. The van der Waals surface area contributed by atoms with Gasteiger partial charge >= 0.3 is 0 Å². The zero-order chi connectivity index (χ0) is 15.5. The molecule has 2 saturated heterocycles. The van der Waals surface area contributed by atoms with Crippen molar-refractivity contribution in [3.63, 3.8) is 0 Å². The average molecular weight is 324 g/mol. The summed E-state index contributed by atoms with van der Waals surface area (Å²) in [5.41, 5.74) is 6.17. The van der Waals surface area contributed by atoms with Gasteiger partial charge in [-0.15, -0.1) is 0 Å². The maximum absolute atomic E-state index is 12.4. The van der Waals surface area contributed by atoms with Gasteiger partial charge in [0.15, 0.2) is 0 Å². The minimum atomic E-state index is -0.101. The molecule has 2 unspecified atom stereocenters. The number of amides is 1. The van der Waals surface area contributed by atoms with Crippen LogP contribution in [0, 0.1) is 0 Å². The fraction of sp³-hybridized carbons (Fsp3) is 0.562. The number of para-hydroxylation sites is 1. The minimum Gasteiger partial charge on any atom is -0.489 e. The Kier molecular flexibility index (Phi) is 4.86. The molecule has 5 nitrogen and oxygen atoms in total. The normalized spacial score (nSPS) is 26.2. The number of ether oxygens (including phenoxy) is 1. The van der Waals surface area contributed by atoms with Crippen molar-refractivity contribution < 1.29 is 9.53 Å². The quantitative estimate of drug-likeness (QED) is 0.893. The molecule has 2 N–H and O–H groups in total. The van der Waals surface area contributed by atoms with Gasteiger partial charge in [0.05, 0.1) is 5.02 Å². The first-order valence-electron chi connectivity index (χ1n) is 7.84. The maximum Gasteiger partial charge on any atom is 0.241 e. The van der Waals surface area contributed by atoms with Gasteiger partial charge in [-0.1, -0.05) is 23.7 Å². The lowest BCUT2D eigenvalue weighted by atomic mass is 10.0. The van der Waals surface area contributed by atoms with Crippen LogP contribution in [0.15, 0.2) is 24.3 Å². The summed E-state index contributed by atoms with van der Waals surface area (Å²) in [6.45, 7) is 3.55. The SMILES string of the molecule is CC1CC(C(=O)N2CCC(Oc3ccccc3Cl)CC2)NN1. The van der Waals surface area contributed by atoms with E-state index in [4.69, 9.17) is 16.3 Å². The lowest BCUT2D eigenvalue weighted by Crippen LogP contribution is -2.49. The van der Waals surface area contributed by atoms with E-state index in [1.807, 2.05) is 29.2 Å². The van der Waals surface area contributed by atoms with Crippen LogP contribution in [0.4, 0.5) is 0 Å². The summed E-state index contributed by atoms with van der Waals surface area (Å²) in [6.07, 6.45) is 2.64. The molecule has 0 radical (unpaired) electrons. The fourth-order valence-electron chi connectivity index (χ4n) is 3.01.